The molecule has 5 heteroatoms. The Bertz CT molecular complexity index is 382. The maximum absolute atomic E-state index is 11.5. The van der Waals surface area contributed by atoms with Crippen LogP contribution >= 0.6 is 11.3 Å². The molecular formula is C9H8N2O2S. The molecule has 0 aliphatic carbocycles. The lowest BCUT2D eigenvalue weighted by molar-refractivity contribution is -0.129. The number of thiophene rings is 1. The number of carbonyl (C=O) groups excluding carboxylic acids is 1. The minimum Gasteiger partial charge on any atom is -0.412 e. The molecule has 1 aromatic heterocycles. The molecule has 1 N–H and O–H groups in total. The molecule has 4 nitrogen and oxygen atoms in total. The van der Waals surface area contributed by atoms with E-state index in [9.17, 15) is 4.79 Å². The molecule has 0 unspecified atom stereocenters. The fourth-order valence-corrected chi connectivity index (χ4v) is 1.56. The van der Waals surface area contributed by atoms with Crippen LogP contribution < -0.4 is 10.2 Å². The first kappa shape index (κ1) is 8.96. The van der Waals surface area contributed by atoms with Crippen LogP contribution in [0.5, 0.6) is 5.06 Å². The Morgan fingerprint density at radius 2 is 2.57 bits per heavy atom. The van der Waals surface area contributed by atoms with Crippen LogP contribution in [-0.2, 0) is 4.79 Å². The highest BCUT2D eigenvalue weighted by Crippen LogP contribution is 2.19. The first-order valence-electron chi connectivity index (χ1n) is 4.08. The van der Waals surface area contributed by atoms with Crippen LogP contribution in [0.25, 0.3) is 0 Å². The van der Waals surface area contributed by atoms with E-state index in [1.54, 1.807) is 12.1 Å². The average molecular weight is 208 g/mol. The summed E-state index contributed by atoms with van der Waals surface area (Å²) < 4.78 is 5.09. The second-order valence-corrected chi connectivity index (χ2v) is 3.51. The van der Waals surface area contributed by atoms with Crippen molar-refractivity contribution < 1.29 is 9.53 Å². The number of rotatable bonds is 2. The number of ether oxygens (including phenoxy) is 1. The number of hydrogen-bond donors (Lipinski definition) is 1. The van der Waals surface area contributed by atoms with E-state index in [0.29, 0.717) is 17.2 Å². The number of hydrogen-bond acceptors (Lipinski definition) is 5. The monoisotopic (exact) mass is 208 g/mol. The van der Waals surface area contributed by atoms with E-state index < -0.39 is 0 Å². The third kappa shape index (κ3) is 2.00. The molecule has 14 heavy (non-hydrogen) atoms. The summed E-state index contributed by atoms with van der Waals surface area (Å²) in [6.45, 7) is 0.561. The van der Waals surface area contributed by atoms with Crippen molar-refractivity contribution in [2.75, 3.05) is 6.54 Å². The molecule has 0 spiro atoms. The van der Waals surface area contributed by atoms with Gasteiger partial charge in [-0.15, -0.1) is 11.3 Å². The number of hydrazone groups is 1. The van der Waals surface area contributed by atoms with Crippen molar-refractivity contribution in [1.82, 2.24) is 5.43 Å². The molecule has 1 aliphatic heterocycles. The van der Waals surface area contributed by atoms with Crippen molar-refractivity contribution in [3.63, 3.8) is 0 Å². The summed E-state index contributed by atoms with van der Waals surface area (Å²) in [6, 6.07) is 3.58. The first-order chi connectivity index (χ1) is 6.86. The van der Waals surface area contributed by atoms with Gasteiger partial charge < -0.3 is 10.2 Å². The third-order valence-corrected chi connectivity index (χ3v) is 2.38. The zero-order chi connectivity index (χ0) is 9.80. The Labute approximate surface area is 84.9 Å². The van der Waals surface area contributed by atoms with Crippen molar-refractivity contribution in [3.8, 4) is 5.06 Å². The molecule has 1 aliphatic rings. The zero-order valence-corrected chi connectivity index (χ0v) is 8.08. The van der Waals surface area contributed by atoms with Gasteiger partial charge in [0.2, 0.25) is 0 Å². The lowest BCUT2D eigenvalue weighted by Crippen LogP contribution is -2.19. The topological polar surface area (TPSA) is 50.7 Å². The summed E-state index contributed by atoms with van der Waals surface area (Å²) in [5.41, 5.74) is 3.20. The summed E-state index contributed by atoms with van der Waals surface area (Å²) in [5.74, 6) is -0.363. The first-order valence-corrected chi connectivity index (χ1v) is 4.96. The summed E-state index contributed by atoms with van der Waals surface area (Å²) in [7, 11) is 0. The molecule has 0 saturated heterocycles. The molecule has 2 rings (SSSR count). The molecule has 0 saturated carbocycles. The predicted molar refractivity (Wildman–Crippen MR) is 54.5 cm³/mol. The number of nitrogens with one attached hydrogen (secondary N) is 1. The summed E-state index contributed by atoms with van der Waals surface area (Å²) >= 11 is 1.38. The van der Waals surface area contributed by atoms with E-state index in [1.807, 2.05) is 11.4 Å². The zero-order valence-electron chi connectivity index (χ0n) is 7.27. The lowest BCUT2D eigenvalue weighted by Gasteiger charge is -2.05. The van der Waals surface area contributed by atoms with Crippen molar-refractivity contribution in [2.24, 2.45) is 5.10 Å². The van der Waals surface area contributed by atoms with E-state index in [1.165, 1.54) is 17.6 Å². The fraction of sp³-hybridized carbons (Fsp3) is 0.111. The molecule has 1 aromatic rings. The van der Waals surface area contributed by atoms with Crippen molar-refractivity contribution in [1.29, 1.82) is 0 Å². The van der Waals surface area contributed by atoms with Crippen molar-refractivity contribution >= 4 is 23.5 Å². The second kappa shape index (κ2) is 4.06. The number of nitrogens with zero attached hydrogens (tertiary/aromatic N) is 1. The van der Waals surface area contributed by atoms with E-state index in [2.05, 4.69) is 10.5 Å². The van der Waals surface area contributed by atoms with Gasteiger partial charge in [-0.25, -0.2) is 4.79 Å². The van der Waals surface area contributed by atoms with Crippen molar-refractivity contribution in [2.45, 2.75) is 0 Å². The van der Waals surface area contributed by atoms with E-state index >= 15 is 0 Å². The highest BCUT2D eigenvalue weighted by atomic mass is 32.1. The Hall–Kier alpha value is -1.62. The van der Waals surface area contributed by atoms with E-state index in [0.717, 1.165) is 0 Å². The molecule has 0 atom stereocenters. The van der Waals surface area contributed by atoms with E-state index in [4.69, 9.17) is 4.74 Å². The Balaban J connectivity index is 2.02. The Morgan fingerprint density at radius 3 is 3.21 bits per heavy atom. The lowest BCUT2D eigenvalue weighted by atomic mass is 10.2. The Morgan fingerprint density at radius 1 is 1.64 bits per heavy atom. The summed E-state index contributed by atoms with van der Waals surface area (Å²) in [5, 5.41) is 6.22. The van der Waals surface area contributed by atoms with Gasteiger partial charge in [0, 0.05) is 0 Å². The van der Waals surface area contributed by atoms with Crippen LogP contribution in [-0.4, -0.2) is 18.7 Å². The minimum atomic E-state index is -0.363. The van der Waals surface area contributed by atoms with Crippen LogP contribution in [0.3, 0.4) is 0 Å². The quantitative estimate of drug-likeness (QED) is 0.742. The molecule has 0 bridgehead atoms. The van der Waals surface area contributed by atoms with Gasteiger partial charge in [0.15, 0.2) is 5.06 Å². The summed E-state index contributed by atoms with van der Waals surface area (Å²) in [6.07, 6.45) is 3.20. The average Bonchev–Trinajstić information content (AvgIpc) is 2.72. The van der Waals surface area contributed by atoms with Crippen LogP contribution in [0.15, 0.2) is 34.3 Å². The van der Waals surface area contributed by atoms with Crippen LogP contribution in [0, 0.1) is 0 Å². The van der Waals surface area contributed by atoms with Gasteiger partial charge in [-0.05, 0) is 23.6 Å². The molecular weight excluding hydrogens is 200 g/mol. The predicted octanol–water partition coefficient (Wildman–Crippen LogP) is 1.17. The maximum atomic E-state index is 11.5. The SMILES string of the molecule is O=C(Oc1cccs1)C1=CCNN=C1. The smallest absolute Gasteiger partial charge is 0.345 e. The van der Waals surface area contributed by atoms with Gasteiger partial charge in [0.05, 0.1) is 18.3 Å². The molecule has 0 fully saturated rings. The normalized spacial score (nSPS) is 14.4. The molecule has 72 valence electrons. The van der Waals surface area contributed by atoms with Gasteiger partial charge in [-0.1, -0.05) is 0 Å². The molecule has 0 radical (unpaired) electrons. The van der Waals surface area contributed by atoms with Gasteiger partial charge in [0.25, 0.3) is 0 Å². The number of carbonyl (C=O) groups is 1. The highest BCUT2D eigenvalue weighted by molar-refractivity contribution is 7.11. The van der Waals surface area contributed by atoms with Gasteiger partial charge in [-0.2, -0.15) is 5.10 Å². The molecule has 0 amide bonds. The second-order valence-electron chi connectivity index (χ2n) is 2.60. The highest BCUT2D eigenvalue weighted by Gasteiger charge is 2.11. The van der Waals surface area contributed by atoms with E-state index in [-0.39, 0.29) is 5.97 Å². The maximum Gasteiger partial charge on any atom is 0.345 e. The number of esters is 1. The Kier molecular flexibility index (Phi) is 2.60. The largest absolute Gasteiger partial charge is 0.412 e. The fourth-order valence-electron chi connectivity index (χ4n) is 0.984. The van der Waals surface area contributed by atoms with Gasteiger partial charge in [-0.3, -0.25) is 0 Å². The van der Waals surface area contributed by atoms with Crippen LogP contribution in [0.2, 0.25) is 0 Å². The van der Waals surface area contributed by atoms with Crippen molar-refractivity contribution in [3.05, 3.63) is 29.2 Å². The van der Waals surface area contributed by atoms with Crippen LogP contribution in [0.1, 0.15) is 0 Å². The third-order valence-electron chi connectivity index (χ3n) is 1.63. The van der Waals surface area contributed by atoms with Gasteiger partial charge >= 0.3 is 5.97 Å². The van der Waals surface area contributed by atoms with Crippen LogP contribution in [0.4, 0.5) is 0 Å². The minimum absolute atomic E-state index is 0.363. The molecule has 2 heterocycles. The molecule has 0 aromatic carbocycles. The standard InChI is InChI=1S/C9H8N2O2S/c12-9(7-3-4-10-11-6-7)13-8-2-1-5-14-8/h1-3,5-6,10H,4H2. The summed E-state index contributed by atoms with van der Waals surface area (Å²) in [4.78, 5) is 11.5. The van der Waals surface area contributed by atoms with Gasteiger partial charge in [0.1, 0.15) is 0 Å².